The number of benzene rings is 2. The molecule has 0 radical (unpaired) electrons. The fraction of sp³-hybridized carbons (Fsp3) is 0.333. The standard InChI is InChI=1S/C21H23NO4S/c23-20(22-14-18(21(24)25)15-10-12-26-13-11-15)17-8-4-5-9-19(17)27-16-6-2-1-3-7-16/h1-9,15,18H,10-14H2,(H,22,23)(H,24,25). The van der Waals surface area contributed by atoms with E-state index in [-0.39, 0.29) is 18.4 Å². The summed E-state index contributed by atoms with van der Waals surface area (Å²) in [4.78, 5) is 26.3. The minimum atomic E-state index is -0.867. The SMILES string of the molecule is O=C(NCC(C(=O)O)C1CCOCC1)c1ccccc1Sc1ccccc1. The van der Waals surface area contributed by atoms with E-state index < -0.39 is 11.9 Å². The van der Waals surface area contributed by atoms with E-state index in [9.17, 15) is 14.7 Å². The Morgan fingerprint density at radius 1 is 1.07 bits per heavy atom. The Bertz CT molecular complexity index is 775. The van der Waals surface area contributed by atoms with Crippen molar-refractivity contribution in [2.75, 3.05) is 19.8 Å². The Labute approximate surface area is 163 Å². The lowest BCUT2D eigenvalue weighted by Gasteiger charge is -2.27. The number of carboxylic acids is 1. The molecule has 0 aromatic heterocycles. The van der Waals surface area contributed by atoms with Crippen LogP contribution < -0.4 is 5.32 Å². The second kappa shape index (κ2) is 9.58. The number of ether oxygens (including phenoxy) is 1. The molecule has 0 aliphatic carbocycles. The summed E-state index contributed by atoms with van der Waals surface area (Å²) in [5.74, 6) is -1.67. The van der Waals surface area contributed by atoms with Crippen molar-refractivity contribution in [3.05, 3.63) is 60.2 Å². The molecule has 1 unspecified atom stereocenters. The second-order valence-electron chi connectivity index (χ2n) is 6.52. The fourth-order valence-corrected chi connectivity index (χ4v) is 4.19. The molecule has 1 atom stereocenters. The van der Waals surface area contributed by atoms with Crippen molar-refractivity contribution < 1.29 is 19.4 Å². The Kier molecular flexibility index (Phi) is 6.90. The van der Waals surface area contributed by atoms with E-state index in [1.165, 1.54) is 11.8 Å². The summed E-state index contributed by atoms with van der Waals surface area (Å²) < 4.78 is 5.31. The molecule has 0 spiro atoms. The topological polar surface area (TPSA) is 75.6 Å². The summed E-state index contributed by atoms with van der Waals surface area (Å²) in [6.07, 6.45) is 1.43. The molecule has 1 fully saturated rings. The van der Waals surface area contributed by atoms with E-state index >= 15 is 0 Å². The lowest BCUT2D eigenvalue weighted by Crippen LogP contribution is -2.39. The quantitative estimate of drug-likeness (QED) is 0.760. The number of carbonyl (C=O) groups excluding carboxylic acids is 1. The highest BCUT2D eigenvalue weighted by molar-refractivity contribution is 7.99. The van der Waals surface area contributed by atoms with E-state index in [1.807, 2.05) is 48.5 Å². The van der Waals surface area contributed by atoms with Gasteiger partial charge in [-0.2, -0.15) is 0 Å². The van der Waals surface area contributed by atoms with Gasteiger partial charge in [-0.15, -0.1) is 0 Å². The molecule has 5 nitrogen and oxygen atoms in total. The van der Waals surface area contributed by atoms with E-state index in [0.29, 0.717) is 31.6 Å². The molecule has 27 heavy (non-hydrogen) atoms. The first-order valence-corrected chi connectivity index (χ1v) is 9.87. The normalized spacial score (nSPS) is 15.9. The second-order valence-corrected chi connectivity index (χ2v) is 7.63. The maximum Gasteiger partial charge on any atom is 0.308 e. The Morgan fingerprint density at radius 2 is 1.74 bits per heavy atom. The molecule has 2 N–H and O–H groups in total. The molecule has 1 saturated heterocycles. The van der Waals surface area contributed by atoms with Crippen LogP contribution in [0.1, 0.15) is 23.2 Å². The zero-order chi connectivity index (χ0) is 19.1. The smallest absolute Gasteiger partial charge is 0.308 e. The van der Waals surface area contributed by atoms with Crippen molar-refractivity contribution in [2.24, 2.45) is 11.8 Å². The molecule has 142 valence electrons. The van der Waals surface area contributed by atoms with Crippen molar-refractivity contribution in [1.29, 1.82) is 0 Å². The van der Waals surface area contributed by atoms with Crippen LogP contribution in [0.15, 0.2) is 64.4 Å². The maximum absolute atomic E-state index is 12.7. The molecular weight excluding hydrogens is 362 g/mol. The molecule has 3 rings (SSSR count). The molecule has 6 heteroatoms. The van der Waals surface area contributed by atoms with Crippen LogP contribution in [0.4, 0.5) is 0 Å². The number of hydrogen-bond donors (Lipinski definition) is 2. The molecule has 0 bridgehead atoms. The Hall–Kier alpha value is -2.31. The van der Waals surface area contributed by atoms with E-state index in [4.69, 9.17) is 4.74 Å². The lowest BCUT2D eigenvalue weighted by atomic mass is 9.86. The largest absolute Gasteiger partial charge is 0.481 e. The summed E-state index contributed by atoms with van der Waals surface area (Å²) in [6.45, 7) is 1.29. The summed E-state index contributed by atoms with van der Waals surface area (Å²) in [6, 6.07) is 17.2. The van der Waals surface area contributed by atoms with Crippen LogP contribution in [0.5, 0.6) is 0 Å². The molecule has 1 amide bonds. The van der Waals surface area contributed by atoms with Gasteiger partial charge < -0.3 is 15.2 Å². The van der Waals surface area contributed by atoms with Gasteiger partial charge in [0.25, 0.3) is 5.91 Å². The van der Waals surface area contributed by atoms with Crippen LogP contribution in [-0.2, 0) is 9.53 Å². The fourth-order valence-electron chi connectivity index (χ4n) is 3.23. The van der Waals surface area contributed by atoms with Crippen LogP contribution in [0, 0.1) is 11.8 Å². The number of amides is 1. The molecule has 2 aromatic rings. The number of rotatable bonds is 7. The van der Waals surface area contributed by atoms with Gasteiger partial charge in [-0.1, -0.05) is 42.1 Å². The Morgan fingerprint density at radius 3 is 2.44 bits per heavy atom. The molecular formula is C21H23NO4S. The lowest BCUT2D eigenvalue weighted by molar-refractivity contribution is -0.144. The Balaban J connectivity index is 1.67. The average Bonchev–Trinajstić information content (AvgIpc) is 2.70. The van der Waals surface area contributed by atoms with E-state index in [0.717, 1.165) is 9.79 Å². The highest BCUT2D eigenvalue weighted by Crippen LogP contribution is 2.30. The van der Waals surface area contributed by atoms with Crippen LogP contribution in [-0.4, -0.2) is 36.7 Å². The van der Waals surface area contributed by atoms with Crippen LogP contribution in [0.2, 0.25) is 0 Å². The molecule has 1 aliphatic rings. The van der Waals surface area contributed by atoms with Gasteiger partial charge in [0, 0.05) is 29.5 Å². The van der Waals surface area contributed by atoms with Crippen molar-refractivity contribution in [3.63, 3.8) is 0 Å². The molecule has 1 heterocycles. The van der Waals surface area contributed by atoms with Gasteiger partial charge >= 0.3 is 5.97 Å². The number of nitrogens with one attached hydrogen (secondary N) is 1. The van der Waals surface area contributed by atoms with Crippen LogP contribution >= 0.6 is 11.8 Å². The van der Waals surface area contributed by atoms with Gasteiger partial charge in [0.2, 0.25) is 0 Å². The van der Waals surface area contributed by atoms with Crippen LogP contribution in [0.25, 0.3) is 0 Å². The van der Waals surface area contributed by atoms with Gasteiger partial charge in [-0.3, -0.25) is 9.59 Å². The molecule has 1 aliphatic heterocycles. The van der Waals surface area contributed by atoms with Crippen molar-refractivity contribution in [1.82, 2.24) is 5.32 Å². The number of carboxylic acid groups (broad SMARTS) is 1. The minimum Gasteiger partial charge on any atom is -0.481 e. The van der Waals surface area contributed by atoms with Gasteiger partial charge in [0.15, 0.2) is 0 Å². The first-order chi connectivity index (χ1) is 13.1. The number of hydrogen-bond acceptors (Lipinski definition) is 4. The van der Waals surface area contributed by atoms with Gasteiger partial charge in [-0.05, 0) is 43.0 Å². The highest BCUT2D eigenvalue weighted by atomic mass is 32.2. The minimum absolute atomic E-state index is 0.0329. The summed E-state index contributed by atoms with van der Waals surface area (Å²) in [5, 5.41) is 12.4. The van der Waals surface area contributed by atoms with Gasteiger partial charge in [-0.25, -0.2) is 0 Å². The van der Waals surface area contributed by atoms with Gasteiger partial charge in [0.05, 0.1) is 11.5 Å². The zero-order valence-corrected chi connectivity index (χ0v) is 15.8. The maximum atomic E-state index is 12.7. The van der Waals surface area contributed by atoms with Crippen molar-refractivity contribution in [2.45, 2.75) is 22.6 Å². The molecule has 2 aromatic carbocycles. The third-order valence-electron chi connectivity index (χ3n) is 4.74. The first kappa shape index (κ1) is 19.5. The monoisotopic (exact) mass is 385 g/mol. The average molecular weight is 385 g/mol. The summed E-state index contributed by atoms with van der Waals surface area (Å²) in [5.41, 5.74) is 0.558. The van der Waals surface area contributed by atoms with E-state index in [1.54, 1.807) is 6.07 Å². The van der Waals surface area contributed by atoms with Crippen LogP contribution in [0.3, 0.4) is 0 Å². The van der Waals surface area contributed by atoms with Crippen molar-refractivity contribution in [3.8, 4) is 0 Å². The highest BCUT2D eigenvalue weighted by Gasteiger charge is 2.30. The van der Waals surface area contributed by atoms with Gasteiger partial charge in [0.1, 0.15) is 0 Å². The molecule has 0 saturated carbocycles. The van der Waals surface area contributed by atoms with E-state index in [2.05, 4.69) is 5.32 Å². The number of aliphatic carboxylic acids is 1. The summed E-state index contributed by atoms with van der Waals surface area (Å²) >= 11 is 1.52. The predicted octanol–water partition coefficient (Wildman–Crippen LogP) is 3.70. The van der Waals surface area contributed by atoms with Crippen molar-refractivity contribution >= 4 is 23.6 Å². The number of carbonyl (C=O) groups is 2. The first-order valence-electron chi connectivity index (χ1n) is 9.06. The third-order valence-corrected chi connectivity index (χ3v) is 5.82. The predicted molar refractivity (Wildman–Crippen MR) is 104 cm³/mol. The zero-order valence-electron chi connectivity index (χ0n) is 15.0. The third kappa shape index (κ3) is 5.34. The summed E-state index contributed by atoms with van der Waals surface area (Å²) in [7, 11) is 0.